The van der Waals surface area contributed by atoms with E-state index >= 15 is 0 Å². The van der Waals surface area contributed by atoms with Crippen molar-refractivity contribution >= 4 is 27.7 Å². The Bertz CT molecular complexity index is 640. The molecule has 0 aliphatic rings. The average molecular weight is 365 g/mol. The van der Waals surface area contributed by atoms with E-state index < -0.39 is 5.91 Å². The second kappa shape index (κ2) is 7.79. The van der Waals surface area contributed by atoms with Gasteiger partial charge in [0.15, 0.2) is 10.4 Å². The molecule has 22 heavy (non-hydrogen) atoms. The monoisotopic (exact) mass is 364 g/mol. The fourth-order valence-corrected chi connectivity index (χ4v) is 2.22. The van der Waals surface area contributed by atoms with E-state index in [1.165, 1.54) is 6.07 Å². The molecule has 2 aromatic rings. The van der Waals surface area contributed by atoms with Crippen molar-refractivity contribution in [2.45, 2.75) is 12.8 Å². The molecule has 0 saturated heterocycles. The minimum absolute atomic E-state index is 0.0847. The van der Waals surface area contributed by atoms with Gasteiger partial charge >= 0.3 is 0 Å². The lowest BCUT2D eigenvalue weighted by molar-refractivity contribution is -0.120. The van der Waals surface area contributed by atoms with E-state index in [0.29, 0.717) is 11.2 Å². The second-order valence-electron chi connectivity index (χ2n) is 4.90. The lowest BCUT2D eigenvalue weighted by atomic mass is 10.0. The van der Waals surface area contributed by atoms with E-state index in [9.17, 15) is 9.59 Å². The first-order valence-electron chi connectivity index (χ1n) is 6.91. The number of halogens is 1. The van der Waals surface area contributed by atoms with Gasteiger partial charge in [-0.2, -0.15) is 0 Å². The number of rotatable bonds is 6. The number of benzene rings is 1. The third-order valence-electron chi connectivity index (χ3n) is 3.18. The third kappa shape index (κ3) is 4.73. The second-order valence-corrected chi connectivity index (χ2v) is 5.68. The summed E-state index contributed by atoms with van der Waals surface area (Å²) in [6, 6.07) is 13.1. The summed E-state index contributed by atoms with van der Waals surface area (Å²) in [7, 11) is 0. The van der Waals surface area contributed by atoms with Gasteiger partial charge in [-0.1, -0.05) is 37.3 Å². The van der Waals surface area contributed by atoms with Gasteiger partial charge in [-0.25, -0.2) is 0 Å². The highest BCUT2D eigenvalue weighted by atomic mass is 79.9. The van der Waals surface area contributed by atoms with Gasteiger partial charge in [-0.05, 0) is 39.5 Å². The van der Waals surface area contributed by atoms with E-state index in [-0.39, 0.29) is 24.1 Å². The van der Waals surface area contributed by atoms with Gasteiger partial charge in [0.05, 0.1) is 6.54 Å². The first-order chi connectivity index (χ1) is 10.6. The van der Waals surface area contributed by atoms with E-state index in [1.807, 2.05) is 37.3 Å². The van der Waals surface area contributed by atoms with Crippen molar-refractivity contribution in [2.24, 2.45) is 0 Å². The van der Waals surface area contributed by atoms with Crippen LogP contribution >= 0.6 is 15.9 Å². The predicted molar refractivity (Wildman–Crippen MR) is 86.6 cm³/mol. The van der Waals surface area contributed by atoms with Crippen molar-refractivity contribution in [2.75, 3.05) is 13.1 Å². The van der Waals surface area contributed by atoms with Crippen molar-refractivity contribution in [3.8, 4) is 0 Å². The average Bonchev–Trinajstić information content (AvgIpc) is 2.97. The Morgan fingerprint density at radius 1 is 1.14 bits per heavy atom. The highest BCUT2D eigenvalue weighted by Gasteiger charge is 2.12. The number of carbonyl (C=O) groups excluding carboxylic acids is 2. The lowest BCUT2D eigenvalue weighted by Gasteiger charge is -2.13. The maximum atomic E-state index is 11.8. The maximum absolute atomic E-state index is 11.8. The summed E-state index contributed by atoms with van der Waals surface area (Å²) in [4.78, 5) is 23.5. The maximum Gasteiger partial charge on any atom is 0.287 e. The number of hydrogen-bond acceptors (Lipinski definition) is 3. The van der Waals surface area contributed by atoms with Crippen molar-refractivity contribution < 1.29 is 14.0 Å². The van der Waals surface area contributed by atoms with Gasteiger partial charge in [0.1, 0.15) is 0 Å². The summed E-state index contributed by atoms with van der Waals surface area (Å²) in [5, 5.41) is 5.31. The molecule has 2 rings (SSSR count). The smallest absolute Gasteiger partial charge is 0.287 e. The van der Waals surface area contributed by atoms with Gasteiger partial charge in [0.2, 0.25) is 5.91 Å². The molecule has 6 heteroatoms. The molecule has 0 aliphatic heterocycles. The molecule has 1 heterocycles. The summed E-state index contributed by atoms with van der Waals surface area (Å²) >= 11 is 3.12. The summed E-state index contributed by atoms with van der Waals surface area (Å²) in [5.74, 6) is -0.280. The fraction of sp³-hybridized carbons (Fsp3) is 0.250. The molecule has 0 bridgehead atoms. The van der Waals surface area contributed by atoms with Crippen molar-refractivity contribution in [3.05, 3.63) is 58.5 Å². The van der Waals surface area contributed by atoms with Gasteiger partial charge in [0, 0.05) is 6.54 Å². The quantitative estimate of drug-likeness (QED) is 0.827. The lowest BCUT2D eigenvalue weighted by Crippen LogP contribution is -2.38. The zero-order valence-corrected chi connectivity index (χ0v) is 13.7. The third-order valence-corrected chi connectivity index (χ3v) is 3.61. The van der Waals surface area contributed by atoms with Crippen LogP contribution in [0.2, 0.25) is 0 Å². The fourth-order valence-electron chi connectivity index (χ4n) is 1.91. The van der Waals surface area contributed by atoms with Crippen LogP contribution in [0.1, 0.15) is 29.0 Å². The normalized spacial score (nSPS) is 11.7. The van der Waals surface area contributed by atoms with Crippen LogP contribution in [0.25, 0.3) is 0 Å². The number of furan rings is 1. The molecule has 1 atom stereocenters. The Labute approximate surface area is 137 Å². The van der Waals surface area contributed by atoms with Gasteiger partial charge in [0.25, 0.3) is 5.91 Å². The summed E-state index contributed by atoms with van der Waals surface area (Å²) in [6.07, 6.45) is 0. The summed E-state index contributed by atoms with van der Waals surface area (Å²) in [6.45, 7) is 2.47. The zero-order chi connectivity index (χ0) is 15.9. The number of carbonyl (C=O) groups is 2. The molecule has 1 aromatic heterocycles. The van der Waals surface area contributed by atoms with Crippen LogP contribution in [-0.4, -0.2) is 24.9 Å². The molecule has 2 N–H and O–H groups in total. The molecule has 116 valence electrons. The molecule has 0 unspecified atom stereocenters. The Kier molecular flexibility index (Phi) is 5.77. The number of amides is 2. The summed E-state index contributed by atoms with van der Waals surface area (Å²) < 4.78 is 5.58. The zero-order valence-electron chi connectivity index (χ0n) is 12.1. The van der Waals surface area contributed by atoms with Crippen LogP contribution < -0.4 is 10.6 Å². The molecule has 2 amide bonds. The van der Waals surface area contributed by atoms with Gasteiger partial charge < -0.3 is 15.1 Å². The molecular weight excluding hydrogens is 348 g/mol. The SMILES string of the molecule is C[C@@H](CNC(=O)CNC(=O)c1ccc(Br)o1)c1ccccc1. The van der Waals surface area contributed by atoms with Crippen LogP contribution in [0, 0.1) is 0 Å². The molecule has 5 nitrogen and oxygen atoms in total. The molecule has 0 saturated carbocycles. The predicted octanol–water partition coefficient (Wildman–Crippen LogP) is 2.69. The van der Waals surface area contributed by atoms with Crippen LogP contribution in [0.4, 0.5) is 0 Å². The standard InChI is InChI=1S/C16H17BrN2O3/c1-11(12-5-3-2-4-6-12)9-18-15(20)10-19-16(21)13-7-8-14(17)22-13/h2-8,11H,9-10H2,1H3,(H,18,20)(H,19,21)/t11-/m0/s1. The van der Waals surface area contributed by atoms with Crippen molar-refractivity contribution in [1.82, 2.24) is 10.6 Å². The molecule has 0 fully saturated rings. The largest absolute Gasteiger partial charge is 0.444 e. The van der Waals surface area contributed by atoms with E-state index in [2.05, 4.69) is 26.6 Å². The van der Waals surface area contributed by atoms with Crippen molar-refractivity contribution in [3.63, 3.8) is 0 Å². The van der Waals surface area contributed by atoms with Gasteiger partial charge in [-0.15, -0.1) is 0 Å². The molecule has 1 aromatic carbocycles. The Hall–Kier alpha value is -2.08. The van der Waals surface area contributed by atoms with E-state index in [4.69, 9.17) is 4.42 Å². The van der Waals surface area contributed by atoms with Gasteiger partial charge in [-0.3, -0.25) is 9.59 Å². The number of hydrogen-bond donors (Lipinski definition) is 2. The highest BCUT2D eigenvalue weighted by Crippen LogP contribution is 2.14. The van der Waals surface area contributed by atoms with E-state index in [1.54, 1.807) is 6.07 Å². The Morgan fingerprint density at radius 3 is 2.50 bits per heavy atom. The summed E-state index contributed by atoms with van der Waals surface area (Å²) in [5.41, 5.74) is 1.16. The highest BCUT2D eigenvalue weighted by molar-refractivity contribution is 9.10. The van der Waals surface area contributed by atoms with Crippen LogP contribution in [0.3, 0.4) is 0 Å². The van der Waals surface area contributed by atoms with E-state index in [0.717, 1.165) is 5.56 Å². The minimum Gasteiger partial charge on any atom is -0.444 e. The molecule has 0 aliphatic carbocycles. The topological polar surface area (TPSA) is 71.3 Å². The number of nitrogens with one attached hydrogen (secondary N) is 2. The molecule has 0 spiro atoms. The van der Waals surface area contributed by atoms with Crippen LogP contribution in [0.5, 0.6) is 0 Å². The first-order valence-corrected chi connectivity index (χ1v) is 7.70. The Balaban J connectivity index is 1.73. The minimum atomic E-state index is -0.419. The Morgan fingerprint density at radius 2 is 1.86 bits per heavy atom. The van der Waals surface area contributed by atoms with Crippen molar-refractivity contribution in [1.29, 1.82) is 0 Å². The van der Waals surface area contributed by atoms with Crippen LogP contribution in [-0.2, 0) is 4.79 Å². The molecular formula is C16H17BrN2O3. The van der Waals surface area contributed by atoms with Crippen LogP contribution in [0.15, 0.2) is 51.6 Å². The first kappa shape index (κ1) is 16.3. The molecule has 0 radical (unpaired) electrons.